The van der Waals surface area contributed by atoms with Gasteiger partial charge in [0, 0.05) is 11.6 Å². The Hall–Kier alpha value is -1.75. The van der Waals surface area contributed by atoms with Crippen LogP contribution in [-0.4, -0.2) is 4.57 Å². The minimum absolute atomic E-state index is 0.984. The summed E-state index contributed by atoms with van der Waals surface area (Å²) in [5.41, 5.74) is 2.19. The van der Waals surface area contributed by atoms with E-state index in [2.05, 4.69) is 6.19 Å². The Bertz CT molecular complexity index is 460. The van der Waals surface area contributed by atoms with Crippen LogP contribution in [0.3, 0.4) is 0 Å². The topological polar surface area (TPSA) is 28.7 Å². The molecule has 0 atom stereocenters. The lowest BCUT2D eigenvalue weighted by molar-refractivity contribution is 1.15. The molecular formula is C10H8N2. The first-order valence-corrected chi connectivity index (χ1v) is 3.80. The molecule has 0 unspecified atom stereocenters. The summed E-state index contributed by atoms with van der Waals surface area (Å²) in [6.45, 7) is 2.05. The maximum absolute atomic E-state index is 8.73. The van der Waals surface area contributed by atoms with Crippen LogP contribution in [0.15, 0.2) is 30.5 Å². The van der Waals surface area contributed by atoms with Gasteiger partial charge in [0.25, 0.3) is 0 Å². The summed E-state index contributed by atoms with van der Waals surface area (Å²) in [5, 5.41) is 9.88. The normalized spacial score (nSPS) is 10.0. The van der Waals surface area contributed by atoms with Gasteiger partial charge in [0.15, 0.2) is 6.19 Å². The number of fused-ring (bicyclic) bond motifs is 1. The van der Waals surface area contributed by atoms with Crippen LogP contribution in [0.5, 0.6) is 0 Å². The van der Waals surface area contributed by atoms with Gasteiger partial charge in [-0.15, -0.1) is 0 Å². The molecule has 0 amide bonds. The van der Waals surface area contributed by atoms with Crippen molar-refractivity contribution in [3.05, 3.63) is 36.0 Å². The molecule has 2 rings (SSSR count). The zero-order valence-corrected chi connectivity index (χ0v) is 6.78. The first kappa shape index (κ1) is 6.93. The van der Waals surface area contributed by atoms with Gasteiger partial charge in [-0.05, 0) is 24.6 Å². The van der Waals surface area contributed by atoms with Crippen molar-refractivity contribution in [2.45, 2.75) is 6.92 Å². The lowest BCUT2D eigenvalue weighted by Gasteiger charge is -1.95. The van der Waals surface area contributed by atoms with Crippen LogP contribution in [0.1, 0.15) is 5.56 Å². The second kappa shape index (κ2) is 2.38. The highest BCUT2D eigenvalue weighted by Gasteiger charge is 2.00. The number of hydrogen-bond acceptors (Lipinski definition) is 1. The van der Waals surface area contributed by atoms with Crippen molar-refractivity contribution < 1.29 is 0 Å². The molecule has 1 aromatic heterocycles. The number of nitriles is 1. The Morgan fingerprint density at radius 3 is 2.92 bits per heavy atom. The van der Waals surface area contributed by atoms with E-state index in [1.165, 1.54) is 5.56 Å². The van der Waals surface area contributed by atoms with Gasteiger partial charge in [-0.3, -0.25) is 4.57 Å². The van der Waals surface area contributed by atoms with Crippen LogP contribution < -0.4 is 0 Å². The summed E-state index contributed by atoms with van der Waals surface area (Å²) < 4.78 is 1.57. The predicted molar refractivity (Wildman–Crippen MR) is 47.7 cm³/mol. The van der Waals surface area contributed by atoms with Crippen LogP contribution in [-0.2, 0) is 0 Å². The van der Waals surface area contributed by atoms with E-state index >= 15 is 0 Å². The van der Waals surface area contributed by atoms with Gasteiger partial charge in [-0.2, -0.15) is 5.26 Å². The van der Waals surface area contributed by atoms with Gasteiger partial charge in [-0.1, -0.05) is 12.1 Å². The Morgan fingerprint density at radius 2 is 2.17 bits per heavy atom. The Morgan fingerprint density at radius 1 is 1.33 bits per heavy atom. The van der Waals surface area contributed by atoms with Crippen LogP contribution in [0.4, 0.5) is 0 Å². The molecule has 58 valence electrons. The predicted octanol–water partition coefficient (Wildman–Crippen LogP) is 2.28. The molecule has 2 aromatic rings. The van der Waals surface area contributed by atoms with Crippen molar-refractivity contribution >= 4 is 10.9 Å². The molecule has 0 aliphatic rings. The maximum Gasteiger partial charge on any atom is 0.188 e. The van der Waals surface area contributed by atoms with Gasteiger partial charge in [0.05, 0.1) is 5.52 Å². The molecule has 0 radical (unpaired) electrons. The summed E-state index contributed by atoms with van der Waals surface area (Å²) in [5.74, 6) is 0. The fraction of sp³-hybridized carbons (Fsp3) is 0.100. The highest BCUT2D eigenvalue weighted by Crippen LogP contribution is 2.18. The third-order valence-electron chi connectivity index (χ3n) is 2.06. The molecule has 0 N–H and O–H groups in total. The summed E-state index contributed by atoms with van der Waals surface area (Å²) in [6, 6.07) is 7.93. The van der Waals surface area contributed by atoms with Gasteiger partial charge in [0.1, 0.15) is 0 Å². The molecule has 0 saturated carbocycles. The van der Waals surface area contributed by atoms with Gasteiger partial charge >= 0.3 is 0 Å². The molecule has 0 aliphatic heterocycles. The summed E-state index contributed by atoms with van der Waals surface area (Å²) in [6.07, 6.45) is 3.88. The first-order valence-electron chi connectivity index (χ1n) is 3.80. The second-order valence-corrected chi connectivity index (χ2v) is 2.79. The fourth-order valence-electron chi connectivity index (χ4n) is 1.41. The largest absolute Gasteiger partial charge is 0.254 e. The molecule has 2 nitrogen and oxygen atoms in total. The van der Waals surface area contributed by atoms with Crippen molar-refractivity contribution in [1.29, 1.82) is 5.26 Å². The van der Waals surface area contributed by atoms with Crippen LogP contribution in [0.2, 0.25) is 0 Å². The van der Waals surface area contributed by atoms with Crippen LogP contribution in [0.25, 0.3) is 10.9 Å². The zero-order valence-electron chi connectivity index (χ0n) is 6.78. The average Bonchev–Trinajstić information content (AvgIpc) is 2.49. The maximum atomic E-state index is 8.73. The number of benzene rings is 1. The number of rotatable bonds is 0. The van der Waals surface area contributed by atoms with E-state index in [1.54, 1.807) is 10.8 Å². The van der Waals surface area contributed by atoms with E-state index in [9.17, 15) is 0 Å². The highest BCUT2D eigenvalue weighted by molar-refractivity contribution is 5.84. The third-order valence-corrected chi connectivity index (χ3v) is 2.06. The molecule has 2 heteroatoms. The quantitative estimate of drug-likeness (QED) is 0.575. The molecule has 0 bridgehead atoms. The van der Waals surface area contributed by atoms with Crippen LogP contribution >= 0.6 is 0 Å². The van der Waals surface area contributed by atoms with Crippen LogP contribution in [0, 0.1) is 18.4 Å². The highest BCUT2D eigenvalue weighted by atomic mass is 14.9. The molecule has 12 heavy (non-hydrogen) atoms. The zero-order chi connectivity index (χ0) is 8.55. The molecule has 1 heterocycles. The van der Waals surface area contributed by atoms with E-state index < -0.39 is 0 Å². The third kappa shape index (κ3) is 0.802. The van der Waals surface area contributed by atoms with Crippen molar-refractivity contribution in [2.24, 2.45) is 0 Å². The average molecular weight is 156 g/mol. The molecular weight excluding hydrogens is 148 g/mol. The van der Waals surface area contributed by atoms with Gasteiger partial charge in [0.2, 0.25) is 0 Å². The van der Waals surface area contributed by atoms with Crippen molar-refractivity contribution in [3.63, 3.8) is 0 Å². The van der Waals surface area contributed by atoms with Crippen molar-refractivity contribution in [2.75, 3.05) is 0 Å². The number of aromatic nitrogens is 1. The number of aryl methyl sites for hydroxylation is 1. The van der Waals surface area contributed by atoms with E-state index in [0.29, 0.717) is 0 Å². The summed E-state index contributed by atoms with van der Waals surface area (Å²) >= 11 is 0. The van der Waals surface area contributed by atoms with Gasteiger partial charge < -0.3 is 0 Å². The monoisotopic (exact) mass is 156 g/mol. The molecule has 0 aliphatic carbocycles. The smallest absolute Gasteiger partial charge is 0.188 e. The SMILES string of the molecule is Cc1cccc2c1ccn2C#N. The van der Waals surface area contributed by atoms with E-state index in [4.69, 9.17) is 5.26 Å². The lowest BCUT2D eigenvalue weighted by atomic mass is 10.1. The van der Waals surface area contributed by atoms with Crippen molar-refractivity contribution in [3.8, 4) is 6.19 Å². The van der Waals surface area contributed by atoms with E-state index in [1.807, 2.05) is 31.2 Å². The lowest BCUT2D eigenvalue weighted by Crippen LogP contribution is -1.83. The Balaban J connectivity index is 2.91. The van der Waals surface area contributed by atoms with Gasteiger partial charge in [-0.25, -0.2) is 0 Å². The summed E-state index contributed by atoms with van der Waals surface area (Å²) in [4.78, 5) is 0. The van der Waals surface area contributed by atoms with E-state index in [-0.39, 0.29) is 0 Å². The number of hydrogen-bond donors (Lipinski definition) is 0. The molecule has 1 aromatic carbocycles. The first-order chi connectivity index (χ1) is 5.83. The standard InChI is InChI=1S/C10H8N2/c1-8-3-2-4-10-9(8)5-6-12(10)7-11/h2-6H,1H3. The van der Waals surface area contributed by atoms with Crippen molar-refractivity contribution in [1.82, 2.24) is 4.57 Å². The molecule has 0 spiro atoms. The Kier molecular flexibility index (Phi) is 1.38. The fourth-order valence-corrected chi connectivity index (χ4v) is 1.41. The Labute approximate surface area is 70.7 Å². The van der Waals surface area contributed by atoms with E-state index in [0.717, 1.165) is 10.9 Å². The number of nitrogens with zero attached hydrogens (tertiary/aromatic N) is 2. The summed E-state index contributed by atoms with van der Waals surface area (Å²) in [7, 11) is 0. The molecule has 0 fully saturated rings. The second-order valence-electron chi connectivity index (χ2n) is 2.79. The minimum Gasteiger partial charge on any atom is -0.254 e. The molecule has 0 saturated heterocycles. The minimum atomic E-state index is 0.984.